The second-order valence-corrected chi connectivity index (χ2v) is 20.1. The van der Waals surface area contributed by atoms with Crippen LogP contribution in [0.5, 0.6) is 11.5 Å². The fourth-order valence-electron chi connectivity index (χ4n) is 9.55. The SMILES string of the molecule is COc1ccc(C(OC[C@H]2O[C@@H](n3cc(C)c(=O)[nH]c3=O)C[C@@H]2n2cc(C[C@H]3O[C@@H](n4cc(C)c(=O)[nH]c4=O)C[C@@H]3OP(OCCC#N)N(C(C)C)C(C)C)nn2)(c2ccccc2)c2ccc(OC)cc2)cc1. The smallest absolute Gasteiger partial charge is 0.330 e. The molecular weight excluding hydrogens is 958 g/mol. The molecule has 2 saturated heterocycles. The highest BCUT2D eigenvalue weighted by Gasteiger charge is 2.45. The third-order valence-electron chi connectivity index (χ3n) is 13.1. The molecule has 0 bridgehead atoms. The van der Waals surface area contributed by atoms with Gasteiger partial charge in [-0.3, -0.25) is 28.7 Å². The van der Waals surface area contributed by atoms with Crippen molar-refractivity contribution in [3.05, 3.63) is 173 Å². The molecule has 6 aromatic rings. The molecule has 2 aliphatic rings. The molecule has 0 spiro atoms. The zero-order valence-electron chi connectivity index (χ0n) is 42.2. The summed E-state index contributed by atoms with van der Waals surface area (Å²) in [6, 6.07) is 26.8. The molecule has 0 radical (unpaired) electrons. The van der Waals surface area contributed by atoms with Crippen LogP contribution < -0.4 is 32.0 Å². The lowest BCUT2D eigenvalue weighted by molar-refractivity contribution is -0.0843. The highest BCUT2D eigenvalue weighted by molar-refractivity contribution is 7.44. The summed E-state index contributed by atoms with van der Waals surface area (Å²) in [4.78, 5) is 56.4. The van der Waals surface area contributed by atoms with E-state index in [2.05, 4.69) is 31.0 Å². The van der Waals surface area contributed by atoms with Crippen molar-refractivity contribution in [2.45, 2.75) is 122 Å². The number of hydrogen-bond acceptors (Lipinski definition) is 15. The van der Waals surface area contributed by atoms with Crippen LogP contribution in [-0.4, -0.2) is 96.6 Å². The summed E-state index contributed by atoms with van der Waals surface area (Å²) in [6.45, 7) is 11.5. The van der Waals surface area contributed by atoms with Crippen LogP contribution in [0, 0.1) is 25.2 Å². The number of aromatic nitrogens is 7. The molecule has 0 aliphatic carbocycles. The van der Waals surface area contributed by atoms with Gasteiger partial charge in [0.25, 0.3) is 19.6 Å². The minimum atomic E-state index is -1.72. The molecule has 2 aliphatic heterocycles. The van der Waals surface area contributed by atoms with Crippen LogP contribution in [0.3, 0.4) is 0 Å². The maximum Gasteiger partial charge on any atom is 0.330 e. The molecule has 3 aromatic heterocycles. The fourth-order valence-corrected chi connectivity index (χ4v) is 11.3. The predicted octanol–water partition coefficient (Wildman–Crippen LogP) is 6.34. The Morgan fingerprint density at radius 3 is 1.84 bits per heavy atom. The lowest BCUT2D eigenvalue weighted by Gasteiger charge is -2.37. The van der Waals surface area contributed by atoms with Gasteiger partial charge in [-0.05, 0) is 82.5 Å². The van der Waals surface area contributed by atoms with E-state index in [1.807, 2.05) is 107 Å². The molecule has 1 unspecified atom stereocenters. The Morgan fingerprint density at radius 2 is 1.30 bits per heavy atom. The molecule has 3 aromatic carbocycles. The maximum atomic E-state index is 13.4. The quantitative estimate of drug-likeness (QED) is 0.0455. The molecule has 0 amide bonds. The number of H-pyrrole nitrogens is 2. The molecule has 386 valence electrons. The van der Waals surface area contributed by atoms with Gasteiger partial charge in [-0.25, -0.2) is 18.9 Å². The summed E-state index contributed by atoms with van der Waals surface area (Å²) >= 11 is 0. The Kier molecular flexibility index (Phi) is 16.7. The molecular formula is C52H62N9O11P. The van der Waals surface area contributed by atoms with E-state index in [0.29, 0.717) is 28.3 Å². The minimum absolute atomic E-state index is 0.0182. The van der Waals surface area contributed by atoms with Crippen LogP contribution in [0.25, 0.3) is 0 Å². The first kappa shape index (κ1) is 52.8. The summed E-state index contributed by atoms with van der Waals surface area (Å²) < 4.78 is 51.6. The molecule has 73 heavy (non-hydrogen) atoms. The van der Waals surface area contributed by atoms with E-state index in [0.717, 1.165) is 16.7 Å². The molecule has 5 heterocycles. The van der Waals surface area contributed by atoms with Gasteiger partial charge in [-0.15, -0.1) is 5.10 Å². The van der Waals surface area contributed by atoms with Gasteiger partial charge in [0.2, 0.25) is 0 Å². The van der Waals surface area contributed by atoms with Crippen molar-refractivity contribution in [2.75, 3.05) is 27.4 Å². The van der Waals surface area contributed by atoms with E-state index < -0.39 is 73.4 Å². The van der Waals surface area contributed by atoms with E-state index in [-0.39, 0.29) is 51.0 Å². The summed E-state index contributed by atoms with van der Waals surface area (Å²) in [5.41, 5.74) is 0.197. The highest BCUT2D eigenvalue weighted by Crippen LogP contribution is 2.50. The lowest BCUT2D eigenvalue weighted by atomic mass is 9.80. The van der Waals surface area contributed by atoms with Crippen LogP contribution in [0.2, 0.25) is 0 Å². The summed E-state index contributed by atoms with van der Waals surface area (Å²) in [7, 11) is 1.50. The Balaban J connectivity index is 1.16. The van der Waals surface area contributed by atoms with Crippen LogP contribution in [0.15, 0.2) is 117 Å². The van der Waals surface area contributed by atoms with Gasteiger partial charge in [-0.1, -0.05) is 59.8 Å². The van der Waals surface area contributed by atoms with Crippen LogP contribution in [-0.2, 0) is 35.3 Å². The van der Waals surface area contributed by atoms with Crippen molar-refractivity contribution in [1.29, 1.82) is 5.26 Å². The Bertz CT molecular complexity index is 3040. The van der Waals surface area contributed by atoms with E-state index in [1.165, 1.54) is 21.5 Å². The zero-order chi connectivity index (χ0) is 52.0. The zero-order valence-corrected chi connectivity index (χ0v) is 43.1. The first-order chi connectivity index (χ1) is 35.1. The van der Waals surface area contributed by atoms with E-state index in [4.69, 9.17) is 32.7 Å². The molecule has 2 N–H and O–H groups in total. The number of nitrogens with one attached hydrogen (secondary N) is 2. The predicted molar refractivity (Wildman–Crippen MR) is 270 cm³/mol. The van der Waals surface area contributed by atoms with Gasteiger partial charge in [0.15, 0.2) is 0 Å². The Morgan fingerprint density at radius 1 is 0.767 bits per heavy atom. The number of nitrogens with zero attached hydrogens (tertiary/aromatic N) is 7. The average molecular weight is 1020 g/mol. The first-order valence-electron chi connectivity index (χ1n) is 24.2. The van der Waals surface area contributed by atoms with Gasteiger partial charge in [-0.2, -0.15) is 5.26 Å². The largest absolute Gasteiger partial charge is 0.497 e. The Hall–Kier alpha value is -6.56. The topological polar surface area (TPSA) is 232 Å². The number of rotatable bonds is 21. The second kappa shape index (κ2) is 23.1. The van der Waals surface area contributed by atoms with Crippen LogP contribution >= 0.6 is 8.53 Å². The van der Waals surface area contributed by atoms with Gasteiger partial charge in [0.05, 0.1) is 63.9 Å². The standard InChI is InChI=1S/C52H62N9O11P/c1-32(2)61(33(3)4)73(69-24-12-23-53)72-44-27-47(59-29-35(6)49(63)55-51(59)65)70-43(44)25-39-30-60(57-56-39)42-26-46(58-28-34(5)48(62)54-50(58)64)71-45(42)31-68-52(36-13-10-9-11-14-36,37-15-19-40(66-7)20-16-37)38-17-21-41(67-8)22-18-38/h9-11,13-22,28-30,32-33,42-47H,12,24-27,31H2,1-8H3,(H,54,62,64)(H,55,63,65)/t42-,43+,44-,45+,46+,47+,73?/m0/s1. The van der Waals surface area contributed by atoms with Crippen molar-refractivity contribution in [3.8, 4) is 17.6 Å². The number of aryl methyl sites for hydroxylation is 2. The summed E-state index contributed by atoms with van der Waals surface area (Å²) in [6.07, 6.45) is 1.85. The second-order valence-electron chi connectivity index (χ2n) is 18.7. The van der Waals surface area contributed by atoms with Crippen molar-refractivity contribution >= 4 is 8.53 Å². The monoisotopic (exact) mass is 1020 g/mol. The van der Waals surface area contributed by atoms with Crippen molar-refractivity contribution in [2.24, 2.45) is 0 Å². The number of nitriles is 1. The maximum absolute atomic E-state index is 13.4. The van der Waals surface area contributed by atoms with E-state index in [1.54, 1.807) is 38.9 Å². The number of benzene rings is 3. The lowest BCUT2D eigenvalue weighted by Crippen LogP contribution is -2.37. The van der Waals surface area contributed by atoms with E-state index >= 15 is 0 Å². The van der Waals surface area contributed by atoms with Gasteiger partial charge < -0.3 is 32.7 Å². The Labute approximate surface area is 423 Å². The third kappa shape index (κ3) is 11.5. The van der Waals surface area contributed by atoms with Crippen molar-refractivity contribution in [3.63, 3.8) is 0 Å². The normalized spacial score (nSPS) is 20.5. The van der Waals surface area contributed by atoms with Gasteiger partial charge in [0, 0.05) is 61.1 Å². The summed E-state index contributed by atoms with van der Waals surface area (Å²) in [5.74, 6) is 1.33. The molecule has 8 rings (SSSR count). The number of ether oxygens (including phenoxy) is 5. The van der Waals surface area contributed by atoms with Crippen LogP contribution in [0.4, 0.5) is 0 Å². The molecule has 7 atom stereocenters. The highest BCUT2D eigenvalue weighted by atomic mass is 31.2. The van der Waals surface area contributed by atoms with Crippen LogP contribution in [0.1, 0.15) is 99.0 Å². The number of hydrogen-bond donors (Lipinski definition) is 2. The van der Waals surface area contributed by atoms with E-state index in [9.17, 15) is 24.4 Å². The van der Waals surface area contributed by atoms with Crippen molar-refractivity contribution < 1.29 is 32.7 Å². The third-order valence-corrected chi connectivity index (χ3v) is 15.3. The molecule has 21 heteroatoms. The average Bonchev–Trinajstić information content (AvgIpc) is 4.13. The number of aromatic amines is 2. The van der Waals surface area contributed by atoms with Gasteiger partial charge >= 0.3 is 11.4 Å². The minimum Gasteiger partial charge on any atom is -0.497 e. The van der Waals surface area contributed by atoms with Crippen molar-refractivity contribution in [1.82, 2.24) is 38.8 Å². The first-order valence-corrected chi connectivity index (χ1v) is 25.4. The fraction of sp³-hybridized carbons (Fsp3) is 0.442. The molecule has 0 saturated carbocycles. The number of methoxy groups -OCH3 is 2. The van der Waals surface area contributed by atoms with Gasteiger partial charge in [0.1, 0.15) is 35.7 Å². The summed E-state index contributed by atoms with van der Waals surface area (Å²) in [5, 5.41) is 18.7. The molecule has 2 fully saturated rings. The molecule has 20 nitrogen and oxygen atoms in total.